The topological polar surface area (TPSA) is 46.5 Å². The Labute approximate surface area is 110 Å². The molecule has 0 unspecified atom stereocenters. The zero-order valence-corrected chi connectivity index (χ0v) is 12.0. The van der Waals surface area contributed by atoms with E-state index in [1.165, 1.54) is 6.92 Å². The van der Waals surface area contributed by atoms with Gasteiger partial charge in [-0.3, -0.25) is 4.79 Å². The van der Waals surface area contributed by atoms with Crippen molar-refractivity contribution >= 4 is 5.97 Å². The van der Waals surface area contributed by atoms with Crippen molar-refractivity contribution in [3.63, 3.8) is 0 Å². The molecule has 3 nitrogen and oxygen atoms in total. The minimum Gasteiger partial charge on any atom is -0.462 e. The quantitative estimate of drug-likeness (QED) is 0.607. The van der Waals surface area contributed by atoms with Gasteiger partial charge in [-0.2, -0.15) is 0 Å². The molecule has 0 aromatic carbocycles. The van der Waals surface area contributed by atoms with Gasteiger partial charge in [-0.25, -0.2) is 0 Å². The predicted molar refractivity (Wildman–Crippen MR) is 71.1 cm³/mol. The van der Waals surface area contributed by atoms with Gasteiger partial charge in [0.25, 0.3) is 0 Å². The van der Waals surface area contributed by atoms with Crippen LogP contribution in [0.2, 0.25) is 0 Å². The van der Waals surface area contributed by atoms with Crippen LogP contribution in [0.5, 0.6) is 0 Å². The lowest BCUT2D eigenvalue weighted by molar-refractivity contribution is -0.152. The number of esters is 1. The number of carbonyl (C=O) groups excluding carboxylic acids is 1. The Bertz CT molecular complexity index is 365. The Balaban J connectivity index is 3.06. The Hall–Kier alpha value is -1.05. The number of carbonyl (C=O) groups is 1. The van der Waals surface area contributed by atoms with E-state index in [1.54, 1.807) is 6.92 Å². The Morgan fingerprint density at radius 2 is 2.11 bits per heavy atom. The third-order valence-electron chi connectivity index (χ3n) is 3.36. The lowest BCUT2D eigenvalue weighted by Crippen LogP contribution is -2.46. The monoisotopic (exact) mass is 252 g/mol. The van der Waals surface area contributed by atoms with Gasteiger partial charge in [-0.15, -0.1) is 5.73 Å². The lowest BCUT2D eigenvalue weighted by Gasteiger charge is -2.44. The molecule has 1 fully saturated rings. The molecule has 18 heavy (non-hydrogen) atoms. The van der Waals surface area contributed by atoms with Crippen LogP contribution in [0.3, 0.4) is 0 Å². The average molecular weight is 252 g/mol. The molecule has 0 spiro atoms. The molecule has 102 valence electrons. The van der Waals surface area contributed by atoms with Gasteiger partial charge in [0.2, 0.25) is 0 Å². The molecule has 1 N–H and O–H groups in total. The molecule has 0 amide bonds. The van der Waals surface area contributed by atoms with Gasteiger partial charge in [0.05, 0.1) is 5.60 Å². The summed E-state index contributed by atoms with van der Waals surface area (Å²) in [6.07, 6.45) is 3.78. The summed E-state index contributed by atoms with van der Waals surface area (Å²) in [6.45, 7) is 9.34. The molecular weight excluding hydrogens is 228 g/mol. The number of rotatable bonds is 2. The van der Waals surface area contributed by atoms with Crippen LogP contribution in [-0.4, -0.2) is 22.8 Å². The summed E-state index contributed by atoms with van der Waals surface area (Å²) in [5.74, 6) is -0.289. The average Bonchev–Trinajstić information content (AvgIpc) is 2.12. The van der Waals surface area contributed by atoms with Crippen molar-refractivity contribution in [1.29, 1.82) is 0 Å². The molecular formula is C15H24O3. The Morgan fingerprint density at radius 1 is 1.50 bits per heavy atom. The van der Waals surface area contributed by atoms with Crippen molar-refractivity contribution in [1.82, 2.24) is 0 Å². The van der Waals surface area contributed by atoms with E-state index in [4.69, 9.17) is 4.74 Å². The zero-order valence-electron chi connectivity index (χ0n) is 12.0. The van der Waals surface area contributed by atoms with Gasteiger partial charge in [-0.1, -0.05) is 20.8 Å². The maximum Gasteiger partial charge on any atom is 0.302 e. The number of ether oxygens (including phenoxy) is 1. The third kappa shape index (κ3) is 3.47. The molecule has 1 saturated carbocycles. The van der Waals surface area contributed by atoms with E-state index in [9.17, 15) is 9.90 Å². The van der Waals surface area contributed by atoms with Crippen LogP contribution in [0.1, 0.15) is 53.9 Å². The minimum atomic E-state index is -0.965. The van der Waals surface area contributed by atoms with Gasteiger partial charge in [0.15, 0.2) is 0 Å². The van der Waals surface area contributed by atoms with Gasteiger partial charge in [0.1, 0.15) is 6.10 Å². The van der Waals surface area contributed by atoms with E-state index in [0.29, 0.717) is 6.42 Å². The Kier molecular flexibility index (Phi) is 4.41. The van der Waals surface area contributed by atoms with Crippen LogP contribution in [0.25, 0.3) is 0 Å². The van der Waals surface area contributed by atoms with E-state index in [-0.39, 0.29) is 17.5 Å². The van der Waals surface area contributed by atoms with Crippen molar-refractivity contribution in [2.45, 2.75) is 65.6 Å². The molecule has 2 atom stereocenters. The first-order valence-corrected chi connectivity index (χ1v) is 6.55. The molecule has 3 heteroatoms. The third-order valence-corrected chi connectivity index (χ3v) is 3.36. The SMILES string of the molecule is CCC=C=C1C(C)(C)C[C@H](OC(C)=O)C[C@@]1(C)O. The van der Waals surface area contributed by atoms with Crippen LogP contribution >= 0.6 is 0 Å². The van der Waals surface area contributed by atoms with Crippen LogP contribution in [0.15, 0.2) is 17.4 Å². The van der Waals surface area contributed by atoms with Crippen molar-refractivity contribution in [2.75, 3.05) is 0 Å². The van der Waals surface area contributed by atoms with E-state index in [1.807, 2.05) is 13.0 Å². The molecule has 0 aromatic heterocycles. The maximum absolute atomic E-state index is 11.1. The molecule has 0 heterocycles. The van der Waals surface area contributed by atoms with Crippen molar-refractivity contribution in [2.24, 2.45) is 5.41 Å². The van der Waals surface area contributed by atoms with Crippen LogP contribution in [0, 0.1) is 5.41 Å². The minimum absolute atomic E-state index is 0.215. The summed E-state index contributed by atoms with van der Waals surface area (Å²) >= 11 is 0. The normalized spacial score (nSPS) is 30.6. The van der Waals surface area contributed by atoms with Gasteiger partial charge in [0, 0.05) is 18.9 Å². The highest BCUT2D eigenvalue weighted by Crippen LogP contribution is 2.46. The molecule has 0 aliphatic heterocycles. The van der Waals surface area contributed by atoms with E-state index >= 15 is 0 Å². The summed E-state index contributed by atoms with van der Waals surface area (Å²) < 4.78 is 5.26. The highest BCUT2D eigenvalue weighted by molar-refractivity contribution is 5.66. The summed E-state index contributed by atoms with van der Waals surface area (Å²) in [4.78, 5) is 11.1. The number of hydrogen-bond donors (Lipinski definition) is 1. The summed E-state index contributed by atoms with van der Waals surface area (Å²) in [7, 11) is 0. The van der Waals surface area contributed by atoms with Crippen LogP contribution < -0.4 is 0 Å². The predicted octanol–water partition coefficient (Wildman–Crippen LogP) is 2.98. The molecule has 1 aliphatic carbocycles. The second-order valence-electron chi connectivity index (χ2n) is 5.93. The zero-order chi connectivity index (χ0) is 14.0. The van der Waals surface area contributed by atoms with Crippen molar-refractivity contribution in [3.8, 4) is 0 Å². The number of hydrogen-bond acceptors (Lipinski definition) is 3. The summed E-state index contributed by atoms with van der Waals surface area (Å²) in [5.41, 5.74) is 2.95. The fraction of sp³-hybridized carbons (Fsp3) is 0.733. The van der Waals surface area contributed by atoms with E-state index in [0.717, 1.165) is 18.4 Å². The fourth-order valence-electron chi connectivity index (χ4n) is 2.89. The van der Waals surface area contributed by atoms with Crippen LogP contribution in [0.4, 0.5) is 0 Å². The first-order valence-electron chi connectivity index (χ1n) is 6.55. The first-order chi connectivity index (χ1) is 8.19. The first kappa shape index (κ1) is 15.0. The molecule has 0 bridgehead atoms. The molecule has 1 rings (SSSR count). The highest BCUT2D eigenvalue weighted by Gasteiger charge is 2.45. The second kappa shape index (κ2) is 5.29. The van der Waals surface area contributed by atoms with E-state index in [2.05, 4.69) is 19.6 Å². The number of aliphatic hydroxyl groups is 1. The second-order valence-corrected chi connectivity index (χ2v) is 5.93. The summed E-state index contributed by atoms with van der Waals surface area (Å²) in [6, 6.07) is 0. The maximum atomic E-state index is 11.1. The van der Waals surface area contributed by atoms with Gasteiger partial charge < -0.3 is 9.84 Å². The smallest absolute Gasteiger partial charge is 0.302 e. The van der Waals surface area contributed by atoms with Crippen LogP contribution in [-0.2, 0) is 9.53 Å². The Morgan fingerprint density at radius 3 is 2.56 bits per heavy atom. The standard InChI is InChI=1S/C15H24O3/c1-6-7-8-13-14(3,4)9-12(18-11(2)16)10-15(13,5)17/h7,12,17H,6,9-10H2,1-5H3/t8?,12-,15+/m0/s1. The van der Waals surface area contributed by atoms with Crippen molar-refractivity contribution in [3.05, 3.63) is 17.4 Å². The largest absolute Gasteiger partial charge is 0.462 e. The van der Waals surface area contributed by atoms with Crippen molar-refractivity contribution < 1.29 is 14.6 Å². The molecule has 0 radical (unpaired) electrons. The highest BCUT2D eigenvalue weighted by atomic mass is 16.5. The van der Waals surface area contributed by atoms with Gasteiger partial charge >= 0.3 is 5.97 Å². The van der Waals surface area contributed by atoms with Gasteiger partial charge in [-0.05, 0) is 31.3 Å². The molecule has 0 saturated heterocycles. The summed E-state index contributed by atoms with van der Waals surface area (Å²) in [5, 5.41) is 10.6. The van der Waals surface area contributed by atoms with E-state index < -0.39 is 5.60 Å². The molecule has 1 aliphatic rings. The lowest BCUT2D eigenvalue weighted by atomic mass is 9.65. The molecule has 0 aromatic rings. The fourth-order valence-corrected chi connectivity index (χ4v) is 2.89.